The van der Waals surface area contributed by atoms with Crippen LogP contribution in [0.4, 0.5) is 0 Å². The van der Waals surface area contributed by atoms with Crippen molar-refractivity contribution in [3.63, 3.8) is 0 Å². The van der Waals surface area contributed by atoms with Crippen LogP contribution in [-0.4, -0.2) is 46.6 Å². The van der Waals surface area contributed by atoms with Crippen molar-refractivity contribution in [1.29, 1.82) is 0 Å². The number of aryl methyl sites for hydroxylation is 1. The maximum atomic E-state index is 12.2. The zero-order valence-corrected chi connectivity index (χ0v) is 14.5. The SMILES string of the molecule is COCCN1C(=O)CSC1c1c(C)nn(-c2ccccc2)c1C. The number of amides is 1. The van der Waals surface area contributed by atoms with Gasteiger partial charge in [0.15, 0.2) is 0 Å². The lowest BCUT2D eigenvalue weighted by Crippen LogP contribution is -2.31. The molecule has 0 N–H and O–H groups in total. The number of nitrogens with zero attached hydrogens (tertiary/aromatic N) is 3. The van der Waals surface area contributed by atoms with E-state index >= 15 is 0 Å². The molecule has 2 heterocycles. The first-order chi connectivity index (χ1) is 11.1. The van der Waals surface area contributed by atoms with Crippen molar-refractivity contribution in [2.24, 2.45) is 0 Å². The Kier molecular flexibility index (Phi) is 4.73. The molecule has 1 aromatic heterocycles. The normalized spacial score (nSPS) is 18.0. The van der Waals surface area contributed by atoms with Gasteiger partial charge in [0.25, 0.3) is 0 Å². The minimum atomic E-state index is 0.0233. The topological polar surface area (TPSA) is 47.4 Å². The number of methoxy groups -OCH3 is 1. The molecule has 0 bridgehead atoms. The highest BCUT2D eigenvalue weighted by Crippen LogP contribution is 2.41. The molecule has 1 aliphatic heterocycles. The molecular formula is C17H21N3O2S. The number of hydrogen-bond donors (Lipinski definition) is 0. The van der Waals surface area contributed by atoms with Gasteiger partial charge in [0.1, 0.15) is 5.37 Å². The van der Waals surface area contributed by atoms with Crippen LogP contribution in [0.3, 0.4) is 0 Å². The summed E-state index contributed by atoms with van der Waals surface area (Å²) in [6.45, 7) is 5.25. The Balaban J connectivity index is 1.97. The van der Waals surface area contributed by atoms with Gasteiger partial charge in [0.05, 0.1) is 23.7 Å². The van der Waals surface area contributed by atoms with Crippen molar-refractivity contribution in [1.82, 2.24) is 14.7 Å². The summed E-state index contributed by atoms with van der Waals surface area (Å²) >= 11 is 1.67. The molecule has 23 heavy (non-hydrogen) atoms. The summed E-state index contributed by atoms with van der Waals surface area (Å²) in [5.74, 6) is 0.687. The number of benzene rings is 1. The van der Waals surface area contributed by atoms with E-state index in [0.717, 1.165) is 22.6 Å². The molecule has 1 fully saturated rings. The fraction of sp³-hybridized carbons (Fsp3) is 0.412. The third-order valence-electron chi connectivity index (χ3n) is 4.10. The lowest BCUT2D eigenvalue weighted by atomic mass is 10.1. The Labute approximate surface area is 140 Å². The van der Waals surface area contributed by atoms with Gasteiger partial charge >= 0.3 is 0 Å². The minimum absolute atomic E-state index is 0.0233. The average Bonchev–Trinajstić information content (AvgIpc) is 3.06. The number of rotatable bonds is 5. The van der Waals surface area contributed by atoms with Crippen LogP contribution in [0.25, 0.3) is 5.69 Å². The molecule has 5 nitrogen and oxygen atoms in total. The molecule has 1 aliphatic rings. The third-order valence-corrected chi connectivity index (χ3v) is 5.32. The molecule has 0 spiro atoms. The molecule has 2 aromatic rings. The minimum Gasteiger partial charge on any atom is -0.383 e. The fourth-order valence-electron chi connectivity index (χ4n) is 2.96. The van der Waals surface area contributed by atoms with E-state index in [-0.39, 0.29) is 11.3 Å². The van der Waals surface area contributed by atoms with Crippen molar-refractivity contribution in [2.75, 3.05) is 26.0 Å². The molecule has 0 aliphatic carbocycles. The van der Waals surface area contributed by atoms with Crippen LogP contribution in [0.1, 0.15) is 22.3 Å². The van der Waals surface area contributed by atoms with Gasteiger partial charge in [-0.3, -0.25) is 4.79 Å². The Morgan fingerprint density at radius 3 is 2.74 bits per heavy atom. The fourth-order valence-corrected chi connectivity index (χ4v) is 4.33. The van der Waals surface area contributed by atoms with E-state index in [2.05, 4.69) is 6.92 Å². The van der Waals surface area contributed by atoms with Gasteiger partial charge in [0, 0.05) is 24.9 Å². The van der Waals surface area contributed by atoms with Crippen LogP contribution < -0.4 is 0 Å². The van der Waals surface area contributed by atoms with Crippen molar-refractivity contribution in [3.8, 4) is 5.69 Å². The standard InChI is InChI=1S/C17H21N3O2S/c1-12-16(17-19(9-10-22-3)15(21)11-23-17)13(2)20(18-12)14-7-5-4-6-8-14/h4-8,17H,9-11H2,1-3H3. The first kappa shape index (κ1) is 16.1. The first-order valence-corrected chi connectivity index (χ1v) is 8.70. The summed E-state index contributed by atoms with van der Waals surface area (Å²) in [7, 11) is 1.66. The van der Waals surface area contributed by atoms with E-state index < -0.39 is 0 Å². The van der Waals surface area contributed by atoms with Gasteiger partial charge in [-0.2, -0.15) is 5.10 Å². The van der Waals surface area contributed by atoms with E-state index in [1.807, 2.05) is 46.8 Å². The van der Waals surface area contributed by atoms with Gasteiger partial charge in [-0.1, -0.05) is 18.2 Å². The lowest BCUT2D eigenvalue weighted by Gasteiger charge is -2.24. The Morgan fingerprint density at radius 1 is 1.30 bits per heavy atom. The van der Waals surface area contributed by atoms with Crippen LogP contribution in [0, 0.1) is 13.8 Å². The molecule has 6 heteroatoms. The monoisotopic (exact) mass is 331 g/mol. The van der Waals surface area contributed by atoms with Crippen LogP contribution in [-0.2, 0) is 9.53 Å². The molecule has 1 atom stereocenters. The molecule has 0 saturated carbocycles. The highest BCUT2D eigenvalue weighted by molar-refractivity contribution is 8.00. The van der Waals surface area contributed by atoms with Crippen molar-refractivity contribution >= 4 is 17.7 Å². The highest BCUT2D eigenvalue weighted by atomic mass is 32.2. The molecular weight excluding hydrogens is 310 g/mol. The summed E-state index contributed by atoms with van der Waals surface area (Å²) in [5.41, 5.74) is 4.24. The van der Waals surface area contributed by atoms with Gasteiger partial charge in [-0.15, -0.1) is 11.8 Å². The van der Waals surface area contributed by atoms with Crippen LogP contribution in [0.15, 0.2) is 30.3 Å². The summed E-state index contributed by atoms with van der Waals surface area (Å²) in [4.78, 5) is 14.1. The van der Waals surface area contributed by atoms with Crippen molar-refractivity contribution in [3.05, 3.63) is 47.3 Å². The van der Waals surface area contributed by atoms with E-state index in [1.54, 1.807) is 18.9 Å². The number of carbonyl (C=O) groups excluding carboxylic acids is 1. The van der Waals surface area contributed by atoms with Crippen molar-refractivity contribution < 1.29 is 9.53 Å². The first-order valence-electron chi connectivity index (χ1n) is 7.65. The summed E-state index contributed by atoms with van der Waals surface area (Å²) in [6, 6.07) is 10.1. The number of para-hydroxylation sites is 1. The average molecular weight is 331 g/mol. The number of aromatic nitrogens is 2. The Morgan fingerprint density at radius 2 is 2.04 bits per heavy atom. The maximum Gasteiger partial charge on any atom is 0.233 e. The number of hydrogen-bond acceptors (Lipinski definition) is 4. The van der Waals surface area contributed by atoms with E-state index in [1.165, 1.54) is 0 Å². The predicted molar refractivity (Wildman–Crippen MR) is 91.8 cm³/mol. The van der Waals surface area contributed by atoms with E-state index in [0.29, 0.717) is 18.9 Å². The molecule has 122 valence electrons. The summed E-state index contributed by atoms with van der Waals surface area (Å²) in [5, 5.41) is 4.72. The molecule has 1 unspecified atom stereocenters. The molecule has 1 aromatic carbocycles. The van der Waals surface area contributed by atoms with Crippen LogP contribution in [0.2, 0.25) is 0 Å². The number of thioether (sulfide) groups is 1. The zero-order valence-electron chi connectivity index (χ0n) is 13.7. The van der Waals surface area contributed by atoms with Crippen LogP contribution in [0.5, 0.6) is 0 Å². The molecule has 0 radical (unpaired) electrons. The van der Waals surface area contributed by atoms with Crippen molar-refractivity contribution in [2.45, 2.75) is 19.2 Å². The van der Waals surface area contributed by atoms with Crippen LogP contribution >= 0.6 is 11.8 Å². The summed E-state index contributed by atoms with van der Waals surface area (Å²) < 4.78 is 7.11. The van der Waals surface area contributed by atoms with E-state index in [4.69, 9.17) is 9.84 Å². The van der Waals surface area contributed by atoms with Gasteiger partial charge < -0.3 is 9.64 Å². The summed E-state index contributed by atoms with van der Waals surface area (Å²) in [6.07, 6.45) is 0. The molecule has 1 saturated heterocycles. The largest absolute Gasteiger partial charge is 0.383 e. The van der Waals surface area contributed by atoms with Gasteiger partial charge in [0.2, 0.25) is 5.91 Å². The Bertz CT molecular complexity index is 699. The second kappa shape index (κ2) is 6.76. The van der Waals surface area contributed by atoms with Gasteiger partial charge in [-0.25, -0.2) is 4.68 Å². The quantitative estimate of drug-likeness (QED) is 0.845. The van der Waals surface area contributed by atoms with Gasteiger partial charge in [-0.05, 0) is 26.0 Å². The highest BCUT2D eigenvalue weighted by Gasteiger charge is 2.36. The lowest BCUT2D eigenvalue weighted by molar-refractivity contribution is -0.128. The second-order valence-electron chi connectivity index (χ2n) is 5.58. The molecule has 1 amide bonds. The predicted octanol–water partition coefficient (Wildman–Crippen LogP) is 2.71. The number of carbonyl (C=O) groups is 1. The zero-order chi connectivity index (χ0) is 16.4. The maximum absolute atomic E-state index is 12.2. The van der Waals surface area contributed by atoms with E-state index in [9.17, 15) is 4.79 Å². The number of ether oxygens (including phenoxy) is 1. The second-order valence-corrected chi connectivity index (χ2v) is 6.64. The smallest absolute Gasteiger partial charge is 0.233 e. The Hall–Kier alpha value is -1.79. The molecule has 3 rings (SSSR count). The third kappa shape index (κ3) is 3.01.